The average molecular weight is 273 g/mol. The Morgan fingerprint density at radius 1 is 1.10 bits per heavy atom. The van der Waals surface area contributed by atoms with Crippen molar-refractivity contribution < 1.29 is 9.18 Å². The second kappa shape index (κ2) is 5.61. The van der Waals surface area contributed by atoms with Crippen molar-refractivity contribution in [3.05, 3.63) is 53.3 Å². The first-order valence-corrected chi connectivity index (χ1v) is 6.17. The van der Waals surface area contributed by atoms with Crippen LogP contribution in [0.3, 0.4) is 0 Å². The molecule has 2 rings (SSSR count). The van der Waals surface area contributed by atoms with Crippen molar-refractivity contribution in [2.75, 3.05) is 16.4 Å². The molecule has 0 aliphatic heterocycles. The highest BCUT2D eigenvalue weighted by Crippen LogP contribution is 2.25. The highest BCUT2D eigenvalue weighted by Gasteiger charge is 2.11. The molecule has 0 atom stereocenters. The molecule has 0 radical (unpaired) electrons. The van der Waals surface area contributed by atoms with Crippen LogP contribution in [0, 0.1) is 19.7 Å². The first kappa shape index (κ1) is 13.9. The summed E-state index contributed by atoms with van der Waals surface area (Å²) < 4.78 is 13.4. The minimum atomic E-state index is -0.507. The van der Waals surface area contributed by atoms with E-state index < -0.39 is 11.8 Å². The number of amides is 2. The fourth-order valence-electron chi connectivity index (χ4n) is 1.89. The third-order valence-corrected chi connectivity index (χ3v) is 3.08. The van der Waals surface area contributed by atoms with Crippen molar-refractivity contribution in [3.63, 3.8) is 0 Å². The Morgan fingerprint density at radius 3 is 2.50 bits per heavy atom. The van der Waals surface area contributed by atoms with Gasteiger partial charge in [0.25, 0.3) is 0 Å². The number of hydrogen-bond acceptors (Lipinski definition) is 2. The summed E-state index contributed by atoms with van der Waals surface area (Å²) in [4.78, 5) is 11.9. The first-order chi connectivity index (χ1) is 9.49. The van der Waals surface area contributed by atoms with Crippen LogP contribution in [0.2, 0.25) is 0 Å². The van der Waals surface area contributed by atoms with Gasteiger partial charge in [-0.1, -0.05) is 18.2 Å². The summed E-state index contributed by atoms with van der Waals surface area (Å²) in [5.41, 5.74) is 8.85. The smallest absolute Gasteiger partial charge is 0.323 e. The van der Waals surface area contributed by atoms with Crippen LogP contribution in [0.4, 0.5) is 26.2 Å². The second-order valence-corrected chi connectivity index (χ2v) is 4.53. The second-order valence-electron chi connectivity index (χ2n) is 4.53. The Bertz CT molecular complexity index is 656. The maximum atomic E-state index is 13.4. The fourth-order valence-corrected chi connectivity index (χ4v) is 1.89. The van der Waals surface area contributed by atoms with Crippen molar-refractivity contribution in [2.45, 2.75) is 13.8 Å². The summed E-state index contributed by atoms with van der Waals surface area (Å²) >= 11 is 0. The Morgan fingerprint density at radius 2 is 1.80 bits per heavy atom. The summed E-state index contributed by atoms with van der Waals surface area (Å²) in [5.74, 6) is -0.483. The van der Waals surface area contributed by atoms with Gasteiger partial charge in [0, 0.05) is 5.69 Å². The summed E-state index contributed by atoms with van der Waals surface area (Å²) in [6, 6.07) is 9.08. The minimum absolute atomic E-state index is 0.129. The van der Waals surface area contributed by atoms with Crippen LogP contribution in [0.1, 0.15) is 11.1 Å². The van der Waals surface area contributed by atoms with E-state index in [0.717, 1.165) is 11.1 Å². The van der Waals surface area contributed by atoms with Gasteiger partial charge in [0.15, 0.2) is 0 Å². The van der Waals surface area contributed by atoms with Gasteiger partial charge >= 0.3 is 6.03 Å². The highest BCUT2D eigenvalue weighted by atomic mass is 19.1. The lowest BCUT2D eigenvalue weighted by Crippen LogP contribution is -2.21. The molecule has 2 aromatic rings. The number of urea groups is 1. The number of aryl methyl sites for hydroxylation is 1. The zero-order chi connectivity index (χ0) is 14.7. The number of nitrogen functional groups attached to an aromatic ring is 1. The van der Waals surface area contributed by atoms with Gasteiger partial charge in [-0.2, -0.15) is 0 Å². The van der Waals surface area contributed by atoms with Crippen molar-refractivity contribution in [1.82, 2.24) is 0 Å². The molecule has 20 heavy (non-hydrogen) atoms. The molecule has 0 fully saturated rings. The molecule has 0 aromatic heterocycles. The number of nitrogens with one attached hydrogen (secondary N) is 2. The van der Waals surface area contributed by atoms with Gasteiger partial charge < -0.3 is 16.4 Å². The van der Waals surface area contributed by atoms with Crippen molar-refractivity contribution >= 4 is 23.1 Å². The molecule has 0 saturated carbocycles. The van der Waals surface area contributed by atoms with E-state index in [4.69, 9.17) is 5.73 Å². The van der Waals surface area contributed by atoms with Crippen LogP contribution in [-0.2, 0) is 0 Å². The molecule has 4 N–H and O–H groups in total. The van der Waals surface area contributed by atoms with Crippen LogP contribution in [0.5, 0.6) is 0 Å². The third kappa shape index (κ3) is 2.88. The highest BCUT2D eigenvalue weighted by molar-refractivity contribution is 6.01. The van der Waals surface area contributed by atoms with Gasteiger partial charge in [0.05, 0.1) is 11.4 Å². The standard InChI is InChI=1S/C15H16FN3O/c1-9-7-8-12(17)10(2)14(9)19-15(20)18-13-6-4-3-5-11(13)16/h3-8H,17H2,1-2H3,(H2,18,19,20). The summed E-state index contributed by atoms with van der Waals surface area (Å²) in [6.45, 7) is 3.69. The van der Waals surface area contributed by atoms with Gasteiger partial charge in [-0.05, 0) is 43.2 Å². The van der Waals surface area contributed by atoms with Crippen molar-refractivity contribution in [3.8, 4) is 0 Å². The van der Waals surface area contributed by atoms with E-state index in [2.05, 4.69) is 10.6 Å². The molecule has 0 saturated heterocycles. The maximum absolute atomic E-state index is 13.4. The number of carbonyl (C=O) groups is 1. The summed E-state index contributed by atoms with van der Waals surface area (Å²) in [7, 11) is 0. The molecule has 2 aromatic carbocycles. The summed E-state index contributed by atoms with van der Waals surface area (Å²) in [5, 5.41) is 5.17. The zero-order valence-electron chi connectivity index (χ0n) is 11.3. The number of carbonyl (C=O) groups excluding carboxylic acids is 1. The molecule has 5 heteroatoms. The normalized spacial score (nSPS) is 10.2. The van der Waals surface area contributed by atoms with Gasteiger partial charge in [0.1, 0.15) is 5.82 Å². The third-order valence-electron chi connectivity index (χ3n) is 3.08. The first-order valence-electron chi connectivity index (χ1n) is 6.17. The zero-order valence-corrected chi connectivity index (χ0v) is 11.3. The molecule has 0 unspecified atom stereocenters. The van der Waals surface area contributed by atoms with Crippen LogP contribution in [0.25, 0.3) is 0 Å². The molecule has 4 nitrogen and oxygen atoms in total. The fraction of sp³-hybridized carbons (Fsp3) is 0.133. The average Bonchev–Trinajstić information content (AvgIpc) is 2.42. The van der Waals surface area contributed by atoms with E-state index in [-0.39, 0.29) is 5.69 Å². The molecule has 0 spiro atoms. The number of halogens is 1. The SMILES string of the molecule is Cc1ccc(N)c(C)c1NC(=O)Nc1ccccc1F. The number of para-hydroxylation sites is 1. The largest absolute Gasteiger partial charge is 0.398 e. The molecule has 0 bridgehead atoms. The summed E-state index contributed by atoms with van der Waals surface area (Å²) in [6.07, 6.45) is 0. The van der Waals surface area contributed by atoms with E-state index >= 15 is 0 Å². The van der Waals surface area contributed by atoms with Crippen LogP contribution in [0.15, 0.2) is 36.4 Å². The molecular weight excluding hydrogens is 257 g/mol. The number of rotatable bonds is 2. The number of benzene rings is 2. The predicted molar refractivity (Wildman–Crippen MR) is 79.4 cm³/mol. The van der Waals surface area contributed by atoms with Gasteiger partial charge in [-0.3, -0.25) is 0 Å². The number of anilines is 3. The van der Waals surface area contributed by atoms with Crippen molar-refractivity contribution in [2.24, 2.45) is 0 Å². The molecule has 0 aliphatic rings. The lowest BCUT2D eigenvalue weighted by molar-refractivity contribution is 0.262. The van der Waals surface area contributed by atoms with E-state index in [9.17, 15) is 9.18 Å². The van der Waals surface area contributed by atoms with Gasteiger partial charge in [0.2, 0.25) is 0 Å². The Labute approximate surface area is 116 Å². The molecule has 0 heterocycles. The Balaban J connectivity index is 2.17. The van der Waals surface area contributed by atoms with E-state index in [0.29, 0.717) is 11.4 Å². The van der Waals surface area contributed by atoms with Crippen LogP contribution in [-0.4, -0.2) is 6.03 Å². The number of hydrogen-bond donors (Lipinski definition) is 3. The monoisotopic (exact) mass is 273 g/mol. The van der Waals surface area contributed by atoms with E-state index in [1.54, 1.807) is 18.2 Å². The topological polar surface area (TPSA) is 67.1 Å². The predicted octanol–water partition coefficient (Wildman–Crippen LogP) is 3.67. The van der Waals surface area contributed by atoms with Crippen molar-refractivity contribution in [1.29, 1.82) is 0 Å². The molecule has 2 amide bonds. The molecular formula is C15H16FN3O. The van der Waals surface area contributed by atoms with E-state index in [1.165, 1.54) is 12.1 Å². The van der Waals surface area contributed by atoms with Gasteiger partial charge in [-0.25, -0.2) is 9.18 Å². The Kier molecular flexibility index (Phi) is 3.89. The lowest BCUT2D eigenvalue weighted by atomic mass is 10.1. The molecule has 104 valence electrons. The molecule has 0 aliphatic carbocycles. The van der Waals surface area contributed by atoms with Crippen LogP contribution >= 0.6 is 0 Å². The minimum Gasteiger partial charge on any atom is -0.398 e. The van der Waals surface area contributed by atoms with Gasteiger partial charge in [-0.15, -0.1) is 0 Å². The lowest BCUT2D eigenvalue weighted by Gasteiger charge is -2.14. The Hall–Kier alpha value is -2.56. The quantitative estimate of drug-likeness (QED) is 0.731. The van der Waals surface area contributed by atoms with E-state index in [1.807, 2.05) is 19.9 Å². The number of nitrogens with two attached hydrogens (primary N) is 1. The maximum Gasteiger partial charge on any atom is 0.323 e. The van der Waals surface area contributed by atoms with Crippen LogP contribution < -0.4 is 16.4 Å².